The summed E-state index contributed by atoms with van der Waals surface area (Å²) in [6, 6.07) is 3.87. The van der Waals surface area contributed by atoms with Crippen molar-refractivity contribution < 1.29 is 19.4 Å². The molecule has 1 unspecified atom stereocenters. The van der Waals surface area contributed by atoms with E-state index in [2.05, 4.69) is 26.0 Å². The van der Waals surface area contributed by atoms with E-state index < -0.39 is 12.1 Å². The van der Waals surface area contributed by atoms with Gasteiger partial charge in [-0.2, -0.15) is 0 Å². The lowest BCUT2D eigenvalue weighted by Crippen LogP contribution is -2.27. The lowest BCUT2D eigenvalue weighted by molar-refractivity contribution is -0.145. The molecule has 0 aromatic heterocycles. The fraction of sp³-hybridized carbons (Fsp3) is 0.583. The Kier molecular flexibility index (Phi) is 8.75. The van der Waals surface area contributed by atoms with Gasteiger partial charge in [0, 0.05) is 12.0 Å². The largest absolute Gasteiger partial charge is 0.479 e. The number of aliphatic carboxylic acids is 1. The number of carboxylic acid groups (broad SMARTS) is 1. The zero-order chi connectivity index (χ0) is 20.5. The number of carboxylic acids is 1. The van der Waals surface area contributed by atoms with Gasteiger partial charge in [0.15, 0.2) is 11.9 Å². The first-order chi connectivity index (χ1) is 13.5. The second-order valence-corrected chi connectivity index (χ2v) is 7.79. The number of allylic oxidation sites excluding steroid dienone is 2. The van der Waals surface area contributed by atoms with Crippen LogP contribution in [0.25, 0.3) is 0 Å². The summed E-state index contributed by atoms with van der Waals surface area (Å²) in [6.07, 6.45) is 10.0. The smallest absolute Gasteiger partial charge is 0.344 e. The van der Waals surface area contributed by atoms with Crippen molar-refractivity contribution in [2.45, 2.75) is 91.1 Å². The van der Waals surface area contributed by atoms with E-state index in [4.69, 9.17) is 4.74 Å². The maximum Gasteiger partial charge on any atom is 0.344 e. The van der Waals surface area contributed by atoms with Gasteiger partial charge < -0.3 is 9.84 Å². The Bertz CT molecular complexity index is 718. The van der Waals surface area contributed by atoms with Crippen molar-refractivity contribution >= 4 is 11.8 Å². The minimum Gasteiger partial charge on any atom is -0.479 e. The number of Topliss-reactive ketones (excluding diaryl/α,β-unsaturated/α-hetero) is 1. The molecule has 154 valence electrons. The van der Waals surface area contributed by atoms with Gasteiger partial charge in [0.2, 0.25) is 0 Å². The average molecular weight is 387 g/mol. The number of hydrogen-bond donors (Lipinski definition) is 1. The van der Waals surface area contributed by atoms with Gasteiger partial charge in [-0.25, -0.2) is 4.79 Å². The fourth-order valence-electron chi connectivity index (χ4n) is 3.77. The van der Waals surface area contributed by atoms with Crippen molar-refractivity contribution in [3.8, 4) is 5.75 Å². The first-order valence-corrected chi connectivity index (χ1v) is 10.7. The van der Waals surface area contributed by atoms with Gasteiger partial charge in [0.25, 0.3) is 0 Å². The van der Waals surface area contributed by atoms with Crippen molar-refractivity contribution in [1.29, 1.82) is 0 Å². The van der Waals surface area contributed by atoms with Crippen molar-refractivity contribution in [2.75, 3.05) is 0 Å². The van der Waals surface area contributed by atoms with Gasteiger partial charge in [0.05, 0.1) is 0 Å². The standard InChI is InChI=1S/C24H34O4/c1-4-6-7-8-10-19-15-18-12-13-21(25)20(18)16-23(19)28-22(24(26)27)14-11-17(3)9-5-2/h9,15-16,22H,4-8,10-14H2,1-3H3,(H,26,27)/b17-9+. The molecule has 0 amide bonds. The number of carbonyl (C=O) groups is 2. The summed E-state index contributed by atoms with van der Waals surface area (Å²) >= 11 is 0. The number of benzene rings is 1. The predicted octanol–water partition coefficient (Wildman–Crippen LogP) is 5.91. The summed E-state index contributed by atoms with van der Waals surface area (Å²) in [4.78, 5) is 23.9. The minimum atomic E-state index is -0.951. The first-order valence-electron chi connectivity index (χ1n) is 10.7. The molecule has 4 heteroatoms. The van der Waals surface area contributed by atoms with Crippen LogP contribution in [0.2, 0.25) is 0 Å². The monoisotopic (exact) mass is 386 g/mol. The second-order valence-electron chi connectivity index (χ2n) is 7.79. The van der Waals surface area contributed by atoms with E-state index in [0.29, 0.717) is 30.6 Å². The molecule has 0 saturated heterocycles. The topological polar surface area (TPSA) is 63.6 Å². The highest BCUT2D eigenvalue weighted by Crippen LogP contribution is 2.32. The van der Waals surface area contributed by atoms with Crippen molar-refractivity contribution in [2.24, 2.45) is 0 Å². The molecule has 0 spiro atoms. The molecule has 0 aliphatic heterocycles. The molecule has 2 rings (SSSR count). The number of unbranched alkanes of at least 4 members (excludes halogenated alkanes) is 3. The van der Waals surface area contributed by atoms with Crippen molar-refractivity contribution in [1.82, 2.24) is 0 Å². The summed E-state index contributed by atoms with van der Waals surface area (Å²) in [6.45, 7) is 6.28. The van der Waals surface area contributed by atoms with E-state index in [9.17, 15) is 14.7 Å². The molecule has 4 nitrogen and oxygen atoms in total. The van der Waals surface area contributed by atoms with Crippen LogP contribution in [0.1, 0.15) is 93.6 Å². The van der Waals surface area contributed by atoms with Crippen LogP contribution in [0.5, 0.6) is 5.75 Å². The average Bonchev–Trinajstić information content (AvgIpc) is 3.02. The maximum absolute atomic E-state index is 12.2. The van der Waals surface area contributed by atoms with E-state index in [-0.39, 0.29) is 5.78 Å². The Hall–Kier alpha value is -2.10. The van der Waals surface area contributed by atoms with Gasteiger partial charge in [-0.1, -0.05) is 50.8 Å². The molecule has 1 aliphatic carbocycles. The number of rotatable bonds is 12. The summed E-state index contributed by atoms with van der Waals surface area (Å²) in [5.41, 5.74) is 4.01. The van der Waals surface area contributed by atoms with E-state index in [0.717, 1.165) is 43.2 Å². The first kappa shape index (κ1) is 22.2. The van der Waals surface area contributed by atoms with E-state index in [1.807, 2.05) is 6.92 Å². The van der Waals surface area contributed by atoms with Gasteiger partial charge in [-0.3, -0.25) is 4.79 Å². The molecule has 0 radical (unpaired) electrons. The predicted molar refractivity (Wildman–Crippen MR) is 112 cm³/mol. The Morgan fingerprint density at radius 1 is 1.21 bits per heavy atom. The van der Waals surface area contributed by atoms with Crippen LogP contribution in [0.4, 0.5) is 0 Å². The number of ketones is 1. The highest BCUT2D eigenvalue weighted by Gasteiger charge is 2.25. The number of aryl methyl sites for hydroxylation is 2. The lowest BCUT2D eigenvalue weighted by atomic mass is 9.99. The summed E-state index contributed by atoms with van der Waals surface area (Å²) in [5, 5.41) is 9.65. The molecule has 1 aromatic carbocycles. The third-order valence-corrected chi connectivity index (χ3v) is 5.41. The molecule has 1 aromatic rings. The van der Waals surface area contributed by atoms with Crippen LogP contribution in [0, 0.1) is 0 Å². The highest BCUT2D eigenvalue weighted by molar-refractivity contribution is 6.01. The zero-order valence-corrected chi connectivity index (χ0v) is 17.6. The molecule has 28 heavy (non-hydrogen) atoms. The third-order valence-electron chi connectivity index (χ3n) is 5.41. The van der Waals surface area contributed by atoms with E-state index in [1.54, 1.807) is 6.07 Å². The van der Waals surface area contributed by atoms with Crippen LogP contribution in [-0.2, 0) is 17.6 Å². The van der Waals surface area contributed by atoms with Gasteiger partial charge in [0.1, 0.15) is 5.75 Å². The van der Waals surface area contributed by atoms with Crippen LogP contribution in [0.15, 0.2) is 23.8 Å². The van der Waals surface area contributed by atoms with Crippen LogP contribution < -0.4 is 4.74 Å². The Balaban J connectivity index is 2.19. The molecule has 0 bridgehead atoms. The summed E-state index contributed by atoms with van der Waals surface area (Å²) in [7, 11) is 0. The molecule has 1 atom stereocenters. The van der Waals surface area contributed by atoms with E-state index >= 15 is 0 Å². The molecule has 1 aliphatic rings. The van der Waals surface area contributed by atoms with Crippen molar-refractivity contribution in [3.63, 3.8) is 0 Å². The zero-order valence-electron chi connectivity index (χ0n) is 17.6. The SMILES string of the molecule is CC/C=C(\C)CCC(Oc1cc2c(cc1CCCCCC)CCC2=O)C(=O)O. The number of hydrogen-bond acceptors (Lipinski definition) is 3. The second kappa shape index (κ2) is 11.0. The Morgan fingerprint density at radius 2 is 2.00 bits per heavy atom. The molecular formula is C24H34O4. The van der Waals surface area contributed by atoms with Crippen LogP contribution in [-0.4, -0.2) is 23.0 Å². The number of carbonyl (C=O) groups excluding carboxylic acids is 1. The molecule has 1 N–H and O–H groups in total. The maximum atomic E-state index is 12.2. The molecule has 0 fully saturated rings. The van der Waals surface area contributed by atoms with Gasteiger partial charge in [-0.05, 0) is 62.6 Å². The Labute approximate surface area is 169 Å². The van der Waals surface area contributed by atoms with Crippen molar-refractivity contribution in [3.05, 3.63) is 40.5 Å². The fourth-order valence-corrected chi connectivity index (χ4v) is 3.77. The minimum absolute atomic E-state index is 0.131. The summed E-state index contributed by atoms with van der Waals surface area (Å²) < 4.78 is 5.99. The normalized spacial score (nSPS) is 14.8. The quantitative estimate of drug-likeness (QED) is 0.358. The summed E-state index contributed by atoms with van der Waals surface area (Å²) in [5.74, 6) is -0.242. The highest BCUT2D eigenvalue weighted by atomic mass is 16.5. The van der Waals surface area contributed by atoms with Gasteiger partial charge in [-0.15, -0.1) is 0 Å². The lowest BCUT2D eigenvalue weighted by Gasteiger charge is -2.19. The number of ether oxygens (including phenoxy) is 1. The Morgan fingerprint density at radius 3 is 2.68 bits per heavy atom. The van der Waals surface area contributed by atoms with E-state index in [1.165, 1.54) is 18.4 Å². The third kappa shape index (κ3) is 6.22. The molecular weight excluding hydrogens is 352 g/mol. The molecule has 0 heterocycles. The molecule has 0 saturated carbocycles. The van der Waals surface area contributed by atoms with Crippen LogP contribution in [0.3, 0.4) is 0 Å². The number of fused-ring (bicyclic) bond motifs is 1. The van der Waals surface area contributed by atoms with Gasteiger partial charge >= 0.3 is 5.97 Å². The van der Waals surface area contributed by atoms with Crippen LogP contribution >= 0.6 is 0 Å².